The number of hydrogen-bond donors (Lipinski definition) is 1. The molecule has 0 saturated carbocycles. The Morgan fingerprint density at radius 3 is 2.32 bits per heavy atom. The third kappa shape index (κ3) is 3.54. The van der Waals surface area contributed by atoms with Crippen molar-refractivity contribution in [1.82, 2.24) is 5.16 Å². The van der Waals surface area contributed by atoms with Crippen LogP contribution in [0.2, 0.25) is 0 Å². The molecule has 150 valence electrons. The molecular weight excluding hydrogens is 364 g/mol. The van der Waals surface area contributed by atoms with Gasteiger partial charge in [0.1, 0.15) is 17.9 Å². The van der Waals surface area contributed by atoms with Gasteiger partial charge in [0.25, 0.3) is 0 Å². The molecule has 0 aliphatic carbocycles. The zero-order valence-electron chi connectivity index (χ0n) is 16.7. The second-order valence-electron chi connectivity index (χ2n) is 6.51. The second-order valence-corrected chi connectivity index (χ2v) is 6.51. The van der Waals surface area contributed by atoms with Gasteiger partial charge in [0.05, 0.1) is 18.4 Å². The summed E-state index contributed by atoms with van der Waals surface area (Å²) in [5, 5.41) is 7.11. The van der Waals surface area contributed by atoms with Crippen molar-refractivity contribution in [3.63, 3.8) is 0 Å². The molecule has 2 aromatic rings. The summed E-state index contributed by atoms with van der Waals surface area (Å²) in [5.74, 6) is 0.182. The third-order valence-electron chi connectivity index (χ3n) is 4.73. The summed E-state index contributed by atoms with van der Waals surface area (Å²) in [6.07, 6.45) is -0.194. The van der Waals surface area contributed by atoms with Gasteiger partial charge in [0.2, 0.25) is 0 Å². The summed E-state index contributed by atoms with van der Waals surface area (Å²) in [4.78, 5) is 23.2. The van der Waals surface area contributed by atoms with E-state index >= 15 is 0 Å². The van der Waals surface area contributed by atoms with Crippen LogP contribution in [0.15, 0.2) is 10.6 Å². The van der Waals surface area contributed by atoms with Crippen LogP contribution in [-0.2, 0) is 31.9 Å². The molecule has 0 amide bonds. The summed E-state index contributed by atoms with van der Waals surface area (Å²) in [6.45, 7) is 7.75. The minimum Gasteiger partial charge on any atom is -0.496 e. The van der Waals surface area contributed by atoms with Crippen molar-refractivity contribution in [1.29, 1.82) is 0 Å². The molecule has 0 unspecified atom stereocenters. The molecule has 0 atom stereocenters. The number of benzene rings is 1. The Hall–Kier alpha value is -3.03. The first-order valence-electron chi connectivity index (χ1n) is 9.21. The van der Waals surface area contributed by atoms with Gasteiger partial charge in [-0.1, -0.05) is 19.0 Å². The van der Waals surface area contributed by atoms with Crippen molar-refractivity contribution >= 4 is 17.6 Å². The van der Waals surface area contributed by atoms with Crippen molar-refractivity contribution < 1.29 is 28.3 Å². The van der Waals surface area contributed by atoms with Crippen LogP contribution in [0.25, 0.3) is 11.1 Å². The maximum absolute atomic E-state index is 11.6. The van der Waals surface area contributed by atoms with Crippen LogP contribution < -0.4 is 10.1 Å². The fourth-order valence-corrected chi connectivity index (χ4v) is 3.51. The highest BCUT2D eigenvalue weighted by atomic mass is 16.7. The van der Waals surface area contributed by atoms with Gasteiger partial charge in [-0.2, -0.15) is 0 Å². The molecule has 1 fully saturated rings. The van der Waals surface area contributed by atoms with Gasteiger partial charge in [0.15, 0.2) is 0 Å². The number of nitrogens with one attached hydrogen (secondary N) is 1. The number of carbonyl (C=O) groups excluding carboxylic acids is 2. The predicted octanol–water partition coefficient (Wildman–Crippen LogP) is 3.28. The van der Waals surface area contributed by atoms with Gasteiger partial charge in [-0.25, -0.2) is 0 Å². The SMILES string of the molecule is CCc1cc(NC2OC(=O)CC(=O)O2)c(CC)c(-c2c(C)noc2C)c1OC. The summed E-state index contributed by atoms with van der Waals surface area (Å²) in [5.41, 5.74) is 5.05. The van der Waals surface area contributed by atoms with E-state index in [1.165, 1.54) is 0 Å². The van der Waals surface area contributed by atoms with E-state index in [-0.39, 0.29) is 6.42 Å². The van der Waals surface area contributed by atoms with E-state index < -0.39 is 18.4 Å². The summed E-state index contributed by atoms with van der Waals surface area (Å²) >= 11 is 0. The second kappa shape index (κ2) is 7.92. The normalized spacial score (nSPS) is 14.6. The molecule has 28 heavy (non-hydrogen) atoms. The lowest BCUT2D eigenvalue weighted by molar-refractivity contribution is -0.197. The lowest BCUT2D eigenvalue weighted by Crippen LogP contribution is -2.38. The number of anilines is 1. The standard InChI is InChI=1S/C20H24N2O6/c1-6-12-8-14(21-20-26-15(23)9-16(24)27-20)13(7-2)18(19(12)25-5)17-10(3)22-28-11(17)4/h8,20-21H,6-7,9H2,1-5H3. The Bertz CT molecular complexity index is 882. The average Bonchev–Trinajstić information content (AvgIpc) is 2.97. The van der Waals surface area contributed by atoms with Crippen LogP contribution in [0.3, 0.4) is 0 Å². The third-order valence-corrected chi connectivity index (χ3v) is 4.73. The smallest absolute Gasteiger partial charge is 0.329 e. The molecular formula is C20H24N2O6. The number of nitrogens with zero attached hydrogens (tertiary/aromatic N) is 1. The van der Waals surface area contributed by atoms with Crippen LogP contribution in [0.1, 0.15) is 42.8 Å². The van der Waals surface area contributed by atoms with Crippen molar-refractivity contribution in [3.8, 4) is 16.9 Å². The van der Waals surface area contributed by atoms with Gasteiger partial charge in [0, 0.05) is 11.3 Å². The highest BCUT2D eigenvalue weighted by Gasteiger charge is 2.30. The monoisotopic (exact) mass is 388 g/mol. The van der Waals surface area contributed by atoms with Crippen LogP contribution in [0, 0.1) is 13.8 Å². The largest absolute Gasteiger partial charge is 0.496 e. The minimum atomic E-state index is -1.17. The minimum absolute atomic E-state index is 0.383. The van der Waals surface area contributed by atoms with Gasteiger partial charge >= 0.3 is 18.4 Å². The highest BCUT2D eigenvalue weighted by Crippen LogP contribution is 2.44. The molecule has 0 bridgehead atoms. The number of aryl methyl sites for hydroxylation is 3. The van der Waals surface area contributed by atoms with E-state index in [4.69, 9.17) is 18.7 Å². The molecule has 1 N–H and O–H groups in total. The molecule has 2 heterocycles. The van der Waals surface area contributed by atoms with Crippen LogP contribution in [0.4, 0.5) is 5.69 Å². The summed E-state index contributed by atoms with van der Waals surface area (Å²) in [6, 6.07) is 1.93. The van der Waals surface area contributed by atoms with E-state index in [9.17, 15) is 9.59 Å². The van der Waals surface area contributed by atoms with Crippen molar-refractivity contribution in [2.24, 2.45) is 0 Å². The Kier molecular flexibility index (Phi) is 5.58. The highest BCUT2D eigenvalue weighted by molar-refractivity contribution is 5.93. The van der Waals surface area contributed by atoms with E-state index in [0.29, 0.717) is 24.3 Å². The maximum Gasteiger partial charge on any atom is 0.329 e. The molecule has 1 aromatic carbocycles. The molecule has 1 aliphatic heterocycles. The summed E-state index contributed by atoms with van der Waals surface area (Å²) < 4.78 is 21.4. The quantitative estimate of drug-likeness (QED) is 0.594. The average molecular weight is 388 g/mol. The van der Waals surface area contributed by atoms with Gasteiger partial charge in [-0.15, -0.1) is 0 Å². The molecule has 0 spiro atoms. The molecule has 3 rings (SSSR count). The fraction of sp³-hybridized carbons (Fsp3) is 0.450. The van der Waals surface area contributed by atoms with E-state index in [0.717, 1.165) is 33.7 Å². The number of hydrogen-bond acceptors (Lipinski definition) is 8. The van der Waals surface area contributed by atoms with Crippen molar-refractivity contribution in [2.45, 2.75) is 53.4 Å². The Balaban J connectivity index is 2.17. The number of ether oxygens (including phenoxy) is 3. The molecule has 1 aromatic heterocycles. The number of aromatic nitrogens is 1. The fourth-order valence-electron chi connectivity index (χ4n) is 3.51. The number of rotatable bonds is 6. The van der Waals surface area contributed by atoms with Crippen molar-refractivity contribution in [2.75, 3.05) is 12.4 Å². The zero-order chi connectivity index (χ0) is 20.4. The summed E-state index contributed by atoms with van der Waals surface area (Å²) in [7, 11) is 1.63. The van der Waals surface area contributed by atoms with Crippen LogP contribution in [0.5, 0.6) is 5.75 Å². The lowest BCUT2D eigenvalue weighted by Gasteiger charge is -2.26. The Morgan fingerprint density at radius 1 is 1.14 bits per heavy atom. The maximum atomic E-state index is 11.6. The Labute approximate surface area is 163 Å². The first-order valence-corrected chi connectivity index (χ1v) is 9.21. The number of cyclic esters (lactones) is 2. The lowest BCUT2D eigenvalue weighted by atomic mass is 9.91. The van der Waals surface area contributed by atoms with E-state index in [1.54, 1.807) is 7.11 Å². The van der Waals surface area contributed by atoms with Crippen LogP contribution in [-0.4, -0.2) is 30.6 Å². The molecule has 1 saturated heterocycles. The molecule has 1 aliphatic rings. The van der Waals surface area contributed by atoms with Crippen molar-refractivity contribution in [3.05, 3.63) is 28.6 Å². The zero-order valence-corrected chi connectivity index (χ0v) is 16.7. The number of carbonyl (C=O) groups is 2. The predicted molar refractivity (Wildman–Crippen MR) is 101 cm³/mol. The number of methoxy groups -OCH3 is 1. The van der Waals surface area contributed by atoms with Gasteiger partial charge in [-0.05, 0) is 43.9 Å². The first-order chi connectivity index (χ1) is 13.4. The number of esters is 2. The van der Waals surface area contributed by atoms with Gasteiger partial charge in [-0.3, -0.25) is 9.59 Å². The topological polar surface area (TPSA) is 99.9 Å². The van der Waals surface area contributed by atoms with E-state index in [1.807, 2.05) is 33.8 Å². The molecule has 0 radical (unpaired) electrons. The molecule has 8 nitrogen and oxygen atoms in total. The molecule has 8 heteroatoms. The van der Waals surface area contributed by atoms with Gasteiger partial charge < -0.3 is 24.1 Å². The van der Waals surface area contributed by atoms with Crippen LogP contribution >= 0.6 is 0 Å². The van der Waals surface area contributed by atoms with E-state index in [2.05, 4.69) is 10.5 Å². The first kappa shape index (κ1) is 19.7. The Morgan fingerprint density at radius 2 is 1.82 bits per heavy atom.